The van der Waals surface area contributed by atoms with Gasteiger partial charge in [0, 0.05) is 32.9 Å². The fourth-order valence-electron chi connectivity index (χ4n) is 3.48. The lowest BCUT2D eigenvalue weighted by Crippen LogP contribution is -2.41. The highest BCUT2D eigenvalue weighted by molar-refractivity contribution is 5.79. The lowest BCUT2D eigenvalue weighted by molar-refractivity contribution is -0.0390. The fourth-order valence-corrected chi connectivity index (χ4v) is 3.48. The number of guanidine groups is 1. The lowest BCUT2D eigenvalue weighted by Gasteiger charge is -2.22. The highest BCUT2D eigenvalue weighted by atomic mass is 16.5. The van der Waals surface area contributed by atoms with E-state index in [9.17, 15) is 0 Å². The second-order valence-corrected chi connectivity index (χ2v) is 7.86. The van der Waals surface area contributed by atoms with Gasteiger partial charge in [0.05, 0.1) is 26.4 Å². The van der Waals surface area contributed by atoms with Crippen LogP contribution in [0.4, 0.5) is 0 Å². The first-order chi connectivity index (χ1) is 15.7. The van der Waals surface area contributed by atoms with E-state index in [1.165, 1.54) is 11.1 Å². The van der Waals surface area contributed by atoms with E-state index in [1.807, 2.05) is 31.2 Å². The summed E-state index contributed by atoms with van der Waals surface area (Å²) >= 11 is 0. The molecule has 0 spiro atoms. The Morgan fingerprint density at radius 2 is 1.81 bits per heavy atom. The standard InChI is InChI=1S/C25H35N3O4/c1-19(32-24-9-5-8-23(15-24)29-3)16-27-25(26-2)28-17-20-6-4-7-21(14-20)18-31-22-10-12-30-13-11-22/h4-9,14-15,19,22H,10-13,16-18H2,1-3H3,(H2,26,27,28). The molecule has 1 aliphatic heterocycles. The molecular formula is C25H35N3O4. The summed E-state index contributed by atoms with van der Waals surface area (Å²) in [5.41, 5.74) is 2.36. The van der Waals surface area contributed by atoms with Gasteiger partial charge in [-0.3, -0.25) is 4.99 Å². The Hall–Kier alpha value is -2.77. The summed E-state index contributed by atoms with van der Waals surface area (Å²) in [6.45, 7) is 5.53. The monoisotopic (exact) mass is 441 g/mol. The van der Waals surface area contributed by atoms with E-state index < -0.39 is 0 Å². The minimum Gasteiger partial charge on any atom is -0.497 e. The minimum atomic E-state index is -0.0358. The molecule has 174 valence electrons. The molecule has 2 aromatic rings. The maximum absolute atomic E-state index is 6.04. The van der Waals surface area contributed by atoms with Gasteiger partial charge in [0.25, 0.3) is 0 Å². The summed E-state index contributed by atoms with van der Waals surface area (Å²) in [7, 11) is 3.41. The summed E-state index contributed by atoms with van der Waals surface area (Å²) in [4.78, 5) is 4.31. The van der Waals surface area contributed by atoms with Gasteiger partial charge in [-0.05, 0) is 43.0 Å². The normalized spacial score (nSPS) is 15.8. The van der Waals surface area contributed by atoms with Gasteiger partial charge in [-0.1, -0.05) is 30.3 Å². The number of rotatable bonds is 10. The van der Waals surface area contributed by atoms with E-state index in [0.717, 1.165) is 43.5 Å². The lowest BCUT2D eigenvalue weighted by atomic mass is 10.1. The van der Waals surface area contributed by atoms with Gasteiger partial charge in [0.2, 0.25) is 0 Å². The first-order valence-electron chi connectivity index (χ1n) is 11.2. The van der Waals surface area contributed by atoms with Crippen LogP contribution >= 0.6 is 0 Å². The molecule has 1 atom stereocenters. The number of hydrogen-bond acceptors (Lipinski definition) is 5. The zero-order valence-corrected chi connectivity index (χ0v) is 19.3. The predicted octanol–water partition coefficient (Wildman–Crippen LogP) is 3.52. The molecule has 2 aromatic carbocycles. The molecule has 0 radical (unpaired) electrons. The Morgan fingerprint density at radius 3 is 2.59 bits per heavy atom. The number of hydrogen-bond donors (Lipinski definition) is 2. The highest BCUT2D eigenvalue weighted by Gasteiger charge is 2.14. The van der Waals surface area contributed by atoms with Crippen molar-refractivity contribution in [2.24, 2.45) is 4.99 Å². The van der Waals surface area contributed by atoms with Gasteiger partial charge in [-0.25, -0.2) is 0 Å². The van der Waals surface area contributed by atoms with E-state index in [0.29, 0.717) is 25.8 Å². The van der Waals surface area contributed by atoms with Crippen molar-refractivity contribution >= 4 is 5.96 Å². The molecule has 1 heterocycles. The van der Waals surface area contributed by atoms with Crippen LogP contribution in [0, 0.1) is 0 Å². The molecule has 1 fully saturated rings. The number of nitrogens with zero attached hydrogens (tertiary/aromatic N) is 1. The molecule has 7 nitrogen and oxygen atoms in total. The molecule has 0 saturated carbocycles. The SMILES string of the molecule is CN=C(NCc1cccc(COC2CCOCC2)c1)NCC(C)Oc1cccc(OC)c1. The Morgan fingerprint density at radius 1 is 1.06 bits per heavy atom. The summed E-state index contributed by atoms with van der Waals surface area (Å²) < 4.78 is 22.6. The molecule has 0 bridgehead atoms. The number of nitrogens with one attached hydrogen (secondary N) is 2. The van der Waals surface area contributed by atoms with Crippen molar-refractivity contribution in [3.8, 4) is 11.5 Å². The first kappa shape index (κ1) is 23.9. The Balaban J connectivity index is 1.41. The number of aliphatic imine (C=N–C) groups is 1. The van der Waals surface area contributed by atoms with E-state index in [-0.39, 0.29) is 6.10 Å². The van der Waals surface area contributed by atoms with Crippen LogP contribution < -0.4 is 20.1 Å². The van der Waals surface area contributed by atoms with Crippen molar-refractivity contribution in [2.75, 3.05) is 33.9 Å². The molecule has 7 heteroatoms. The van der Waals surface area contributed by atoms with Crippen molar-refractivity contribution in [2.45, 2.75) is 45.1 Å². The number of benzene rings is 2. The molecule has 3 rings (SSSR count). The van der Waals surface area contributed by atoms with Gasteiger partial charge in [0.1, 0.15) is 17.6 Å². The highest BCUT2D eigenvalue weighted by Crippen LogP contribution is 2.19. The Labute approximate surface area is 191 Å². The van der Waals surface area contributed by atoms with Crippen molar-refractivity contribution in [1.82, 2.24) is 10.6 Å². The molecule has 2 N–H and O–H groups in total. The van der Waals surface area contributed by atoms with Crippen molar-refractivity contribution in [3.63, 3.8) is 0 Å². The first-order valence-corrected chi connectivity index (χ1v) is 11.2. The third-order valence-electron chi connectivity index (χ3n) is 5.26. The predicted molar refractivity (Wildman–Crippen MR) is 126 cm³/mol. The van der Waals surface area contributed by atoms with Crippen LogP contribution in [0.1, 0.15) is 30.9 Å². The van der Waals surface area contributed by atoms with Gasteiger partial charge in [0.15, 0.2) is 5.96 Å². The van der Waals surface area contributed by atoms with Crippen LogP contribution in [0.5, 0.6) is 11.5 Å². The van der Waals surface area contributed by atoms with Crippen LogP contribution in [-0.2, 0) is 22.6 Å². The summed E-state index contributed by atoms with van der Waals surface area (Å²) in [5, 5.41) is 6.68. The second-order valence-electron chi connectivity index (χ2n) is 7.86. The average molecular weight is 442 g/mol. The minimum absolute atomic E-state index is 0.0358. The fraction of sp³-hybridized carbons (Fsp3) is 0.480. The van der Waals surface area contributed by atoms with E-state index in [1.54, 1.807) is 14.2 Å². The van der Waals surface area contributed by atoms with E-state index >= 15 is 0 Å². The summed E-state index contributed by atoms with van der Waals surface area (Å²) in [5.74, 6) is 2.29. The van der Waals surface area contributed by atoms with Crippen LogP contribution in [-0.4, -0.2) is 52.1 Å². The second kappa shape index (κ2) is 12.9. The van der Waals surface area contributed by atoms with Crippen LogP contribution in [0.3, 0.4) is 0 Å². The molecule has 32 heavy (non-hydrogen) atoms. The zero-order chi connectivity index (χ0) is 22.6. The van der Waals surface area contributed by atoms with E-state index in [2.05, 4.69) is 39.9 Å². The average Bonchev–Trinajstić information content (AvgIpc) is 2.84. The quantitative estimate of drug-likeness (QED) is 0.434. The molecule has 0 aliphatic carbocycles. The van der Waals surface area contributed by atoms with Gasteiger partial charge >= 0.3 is 0 Å². The Bertz CT molecular complexity index is 853. The number of ether oxygens (including phenoxy) is 4. The summed E-state index contributed by atoms with van der Waals surface area (Å²) in [6, 6.07) is 16.1. The number of methoxy groups -OCH3 is 1. The maximum Gasteiger partial charge on any atom is 0.191 e. The van der Waals surface area contributed by atoms with Crippen LogP contribution in [0.25, 0.3) is 0 Å². The van der Waals surface area contributed by atoms with Crippen LogP contribution in [0.15, 0.2) is 53.5 Å². The molecule has 1 aliphatic rings. The van der Waals surface area contributed by atoms with Crippen LogP contribution in [0.2, 0.25) is 0 Å². The third-order valence-corrected chi connectivity index (χ3v) is 5.26. The maximum atomic E-state index is 6.04. The van der Waals surface area contributed by atoms with Gasteiger partial charge < -0.3 is 29.6 Å². The van der Waals surface area contributed by atoms with E-state index in [4.69, 9.17) is 18.9 Å². The summed E-state index contributed by atoms with van der Waals surface area (Å²) in [6.07, 6.45) is 2.22. The van der Waals surface area contributed by atoms with Crippen molar-refractivity contribution < 1.29 is 18.9 Å². The van der Waals surface area contributed by atoms with Crippen molar-refractivity contribution in [1.29, 1.82) is 0 Å². The van der Waals surface area contributed by atoms with Crippen molar-refractivity contribution in [3.05, 3.63) is 59.7 Å². The molecular weight excluding hydrogens is 406 g/mol. The molecule has 0 amide bonds. The molecule has 1 unspecified atom stereocenters. The molecule has 0 aromatic heterocycles. The molecule has 1 saturated heterocycles. The Kier molecular flexibility index (Phi) is 9.65. The zero-order valence-electron chi connectivity index (χ0n) is 19.3. The largest absolute Gasteiger partial charge is 0.497 e. The smallest absolute Gasteiger partial charge is 0.191 e. The van der Waals surface area contributed by atoms with Gasteiger partial charge in [-0.2, -0.15) is 0 Å². The topological polar surface area (TPSA) is 73.3 Å². The third kappa shape index (κ3) is 8.05. The van der Waals surface area contributed by atoms with Gasteiger partial charge in [-0.15, -0.1) is 0 Å².